The molecular weight excluding hydrogens is 432 g/mol. The van der Waals surface area contributed by atoms with Crippen LogP contribution in [0.2, 0.25) is 0 Å². The van der Waals surface area contributed by atoms with Crippen LogP contribution in [0.5, 0.6) is 11.5 Å². The van der Waals surface area contributed by atoms with Crippen LogP contribution in [0.25, 0.3) is 0 Å². The van der Waals surface area contributed by atoms with E-state index in [0.29, 0.717) is 11.9 Å². The van der Waals surface area contributed by atoms with Crippen LogP contribution in [-0.4, -0.2) is 23.8 Å². The summed E-state index contributed by atoms with van der Waals surface area (Å²) in [6.45, 7) is 1.57. The Hall–Kier alpha value is -3.36. The van der Waals surface area contributed by atoms with Gasteiger partial charge in [0.05, 0.1) is 11.7 Å². The van der Waals surface area contributed by atoms with E-state index in [1.165, 1.54) is 12.8 Å². The summed E-state index contributed by atoms with van der Waals surface area (Å²) in [4.78, 5) is 12.8. The van der Waals surface area contributed by atoms with Crippen LogP contribution in [0.4, 0.5) is 0 Å². The topological polar surface area (TPSA) is 55.8 Å². The molecular formula is C28H26O4S. The van der Waals surface area contributed by atoms with Gasteiger partial charge in [0.15, 0.2) is 6.61 Å². The summed E-state index contributed by atoms with van der Waals surface area (Å²) in [7, 11) is 0. The second-order valence-corrected chi connectivity index (χ2v) is 9.16. The van der Waals surface area contributed by atoms with Gasteiger partial charge in [0.1, 0.15) is 11.5 Å². The van der Waals surface area contributed by atoms with E-state index in [9.17, 15) is 4.79 Å². The summed E-state index contributed by atoms with van der Waals surface area (Å²) >= 11 is 1.63. The molecule has 168 valence electrons. The molecule has 4 rings (SSSR count). The van der Waals surface area contributed by atoms with E-state index in [4.69, 9.17) is 14.6 Å². The van der Waals surface area contributed by atoms with E-state index in [-0.39, 0.29) is 6.61 Å². The Kier molecular flexibility index (Phi) is 7.59. The number of hydrogen-bond donors (Lipinski definition) is 1. The first-order chi connectivity index (χ1) is 16.1. The zero-order chi connectivity index (χ0) is 23.0. The number of carboxylic acid groups (broad SMARTS) is 1. The van der Waals surface area contributed by atoms with Gasteiger partial charge in [-0.3, -0.25) is 0 Å². The van der Waals surface area contributed by atoms with Crippen molar-refractivity contribution in [2.45, 2.75) is 48.5 Å². The number of rotatable bonds is 7. The summed E-state index contributed by atoms with van der Waals surface area (Å²) in [6, 6.07) is 21.9. The van der Waals surface area contributed by atoms with Gasteiger partial charge in [-0.25, -0.2) is 4.79 Å². The van der Waals surface area contributed by atoms with Crippen molar-refractivity contribution in [1.82, 2.24) is 0 Å². The Morgan fingerprint density at radius 3 is 2.55 bits per heavy atom. The molecule has 33 heavy (non-hydrogen) atoms. The maximum absolute atomic E-state index is 10.7. The van der Waals surface area contributed by atoms with Gasteiger partial charge < -0.3 is 14.6 Å². The molecule has 0 saturated heterocycles. The fourth-order valence-corrected chi connectivity index (χ4v) is 4.73. The molecule has 0 atom stereocenters. The first kappa shape index (κ1) is 22.8. The average molecular weight is 459 g/mol. The zero-order valence-electron chi connectivity index (χ0n) is 18.5. The van der Waals surface area contributed by atoms with E-state index in [0.717, 1.165) is 45.1 Å². The molecule has 5 heteroatoms. The van der Waals surface area contributed by atoms with Crippen LogP contribution in [-0.2, 0) is 4.79 Å². The lowest BCUT2D eigenvalue weighted by molar-refractivity contribution is -0.139. The number of carbonyl (C=O) groups is 1. The van der Waals surface area contributed by atoms with Crippen molar-refractivity contribution in [2.75, 3.05) is 6.61 Å². The monoisotopic (exact) mass is 458 g/mol. The molecule has 3 aromatic rings. The van der Waals surface area contributed by atoms with Crippen LogP contribution in [0.3, 0.4) is 0 Å². The normalized spacial score (nSPS) is 13.2. The summed E-state index contributed by atoms with van der Waals surface area (Å²) in [5.74, 6) is 7.03. The molecule has 0 unspecified atom stereocenters. The summed E-state index contributed by atoms with van der Waals surface area (Å²) in [6.07, 6.45) is 5.01. The third-order valence-corrected chi connectivity index (χ3v) is 6.37. The van der Waals surface area contributed by atoms with Crippen molar-refractivity contribution < 1.29 is 19.4 Å². The minimum absolute atomic E-state index is 0.303. The van der Waals surface area contributed by atoms with E-state index >= 15 is 0 Å². The summed E-state index contributed by atoms with van der Waals surface area (Å²) in [5, 5.41) is 8.79. The lowest BCUT2D eigenvalue weighted by Crippen LogP contribution is -2.11. The molecule has 0 spiro atoms. The smallest absolute Gasteiger partial charge is 0.341 e. The zero-order valence-corrected chi connectivity index (χ0v) is 19.4. The van der Waals surface area contributed by atoms with Gasteiger partial charge >= 0.3 is 5.97 Å². The molecule has 0 aromatic heterocycles. The number of benzene rings is 3. The van der Waals surface area contributed by atoms with Crippen LogP contribution < -0.4 is 9.47 Å². The Balaban J connectivity index is 1.46. The van der Waals surface area contributed by atoms with Gasteiger partial charge in [0.2, 0.25) is 0 Å². The van der Waals surface area contributed by atoms with Crippen LogP contribution in [0.15, 0.2) is 76.5 Å². The molecule has 1 aliphatic rings. The molecule has 4 nitrogen and oxygen atoms in total. The van der Waals surface area contributed by atoms with Gasteiger partial charge in [-0.2, -0.15) is 0 Å². The number of aliphatic carboxylic acids is 1. The highest BCUT2D eigenvalue weighted by Crippen LogP contribution is 2.32. The van der Waals surface area contributed by atoms with Crippen molar-refractivity contribution in [3.63, 3.8) is 0 Å². The van der Waals surface area contributed by atoms with Gasteiger partial charge in [-0.05, 0) is 86.7 Å². The number of aryl methyl sites for hydroxylation is 1. The molecule has 0 amide bonds. The molecule has 0 radical (unpaired) electrons. The van der Waals surface area contributed by atoms with Crippen LogP contribution in [0.1, 0.15) is 42.4 Å². The number of ether oxygens (including phenoxy) is 2. The van der Waals surface area contributed by atoms with Crippen LogP contribution in [0, 0.1) is 18.8 Å². The SMILES string of the molecule is Cc1cc(Sc2cccc(C#Cc3ccccc3OC3CCCC3)c2)ccc1OCC(=O)O. The largest absolute Gasteiger partial charge is 0.489 e. The number of para-hydroxylation sites is 1. The first-order valence-electron chi connectivity index (χ1n) is 11.1. The molecule has 0 heterocycles. The van der Waals surface area contributed by atoms with Crippen molar-refractivity contribution in [3.8, 4) is 23.3 Å². The fourth-order valence-electron chi connectivity index (χ4n) is 3.76. The second kappa shape index (κ2) is 11.0. The third-order valence-electron chi connectivity index (χ3n) is 5.39. The highest BCUT2D eigenvalue weighted by molar-refractivity contribution is 7.99. The van der Waals surface area contributed by atoms with Crippen molar-refractivity contribution in [3.05, 3.63) is 83.4 Å². The minimum atomic E-state index is -0.988. The highest BCUT2D eigenvalue weighted by atomic mass is 32.2. The molecule has 0 bridgehead atoms. The van der Waals surface area contributed by atoms with Crippen molar-refractivity contribution in [2.24, 2.45) is 0 Å². The van der Waals surface area contributed by atoms with Gasteiger partial charge in [-0.15, -0.1) is 0 Å². The van der Waals surface area contributed by atoms with Gasteiger partial charge in [0.25, 0.3) is 0 Å². The average Bonchev–Trinajstić information content (AvgIpc) is 3.31. The van der Waals surface area contributed by atoms with E-state index in [2.05, 4.69) is 24.0 Å². The Labute approximate surface area is 198 Å². The van der Waals surface area contributed by atoms with Gasteiger partial charge in [-0.1, -0.05) is 41.8 Å². The number of carboxylic acids is 1. The fraction of sp³-hybridized carbons (Fsp3) is 0.250. The molecule has 3 aromatic carbocycles. The molecule has 1 fully saturated rings. The lowest BCUT2D eigenvalue weighted by atomic mass is 10.1. The minimum Gasteiger partial charge on any atom is -0.489 e. The van der Waals surface area contributed by atoms with Crippen molar-refractivity contribution >= 4 is 17.7 Å². The second-order valence-electron chi connectivity index (χ2n) is 8.01. The molecule has 1 saturated carbocycles. The maximum Gasteiger partial charge on any atom is 0.341 e. The first-order valence-corrected chi connectivity index (χ1v) is 11.9. The van der Waals surface area contributed by atoms with E-state index in [1.54, 1.807) is 11.8 Å². The highest BCUT2D eigenvalue weighted by Gasteiger charge is 2.17. The predicted octanol–water partition coefficient (Wildman–Crippen LogP) is 6.33. The molecule has 1 N–H and O–H groups in total. The quantitative estimate of drug-likeness (QED) is 0.419. The predicted molar refractivity (Wildman–Crippen MR) is 130 cm³/mol. The van der Waals surface area contributed by atoms with Crippen LogP contribution >= 0.6 is 11.8 Å². The van der Waals surface area contributed by atoms with Crippen molar-refractivity contribution in [1.29, 1.82) is 0 Å². The van der Waals surface area contributed by atoms with E-state index in [1.807, 2.05) is 61.5 Å². The maximum atomic E-state index is 10.7. The summed E-state index contributed by atoms with van der Waals surface area (Å²) in [5.41, 5.74) is 2.75. The third kappa shape index (κ3) is 6.57. The van der Waals surface area contributed by atoms with Gasteiger partial charge in [0, 0.05) is 15.4 Å². The standard InChI is InChI=1S/C28H26O4S/c1-20-17-25(15-16-26(20)31-19-28(29)30)33-24-11-6-7-21(18-24)13-14-22-8-2-5-12-27(22)32-23-9-3-4-10-23/h2,5-8,11-12,15-18,23H,3-4,9-10,19H2,1H3,(H,29,30). The molecule has 1 aliphatic carbocycles. The Bertz CT molecular complexity index is 1190. The Morgan fingerprint density at radius 2 is 1.76 bits per heavy atom. The number of hydrogen-bond acceptors (Lipinski definition) is 4. The Morgan fingerprint density at radius 1 is 0.970 bits per heavy atom. The van der Waals surface area contributed by atoms with E-state index < -0.39 is 5.97 Å². The molecule has 0 aliphatic heterocycles. The summed E-state index contributed by atoms with van der Waals surface area (Å²) < 4.78 is 11.5. The lowest BCUT2D eigenvalue weighted by Gasteiger charge is -2.14.